The lowest BCUT2D eigenvalue weighted by Crippen LogP contribution is -2.38. The number of aliphatic imine (C=N–C) groups is 1. The summed E-state index contributed by atoms with van der Waals surface area (Å²) in [5.41, 5.74) is 2.26. The van der Waals surface area contributed by atoms with Crippen LogP contribution in [0, 0.1) is 12.8 Å². The van der Waals surface area contributed by atoms with Gasteiger partial charge in [-0.2, -0.15) is 0 Å². The van der Waals surface area contributed by atoms with Crippen LogP contribution in [-0.4, -0.2) is 61.6 Å². The van der Waals surface area contributed by atoms with Crippen LogP contribution in [0.25, 0.3) is 11.0 Å². The molecule has 2 aromatic rings. The molecule has 0 unspecified atom stereocenters. The Morgan fingerprint density at radius 1 is 1.23 bits per heavy atom. The zero-order chi connectivity index (χ0) is 21.0. The van der Waals surface area contributed by atoms with Gasteiger partial charge in [0.05, 0.1) is 11.0 Å². The van der Waals surface area contributed by atoms with Crippen LogP contribution in [0.15, 0.2) is 29.3 Å². The molecule has 0 bridgehead atoms. The van der Waals surface area contributed by atoms with E-state index in [2.05, 4.69) is 52.2 Å². The van der Waals surface area contributed by atoms with Gasteiger partial charge < -0.3 is 24.7 Å². The van der Waals surface area contributed by atoms with Gasteiger partial charge in [-0.1, -0.05) is 12.1 Å². The standard InChI is InChI=1S/C23H37N5O2.HI/c1-3-24-23(26-13-7-15-30-18-20-10-16-29-17-11-20)25-12-6-14-28-19(2)27-21-8-4-5-9-22(21)28;/h4-5,8-9,20H,3,6-7,10-18H2,1-2H3,(H2,24,25,26);1H. The molecular formula is C23H38IN5O2. The topological polar surface area (TPSA) is 72.7 Å². The Morgan fingerprint density at radius 2 is 2.03 bits per heavy atom. The van der Waals surface area contributed by atoms with Crippen molar-refractivity contribution in [3.8, 4) is 0 Å². The number of aryl methyl sites for hydroxylation is 2. The molecule has 0 spiro atoms. The first-order valence-corrected chi connectivity index (χ1v) is 11.4. The number of nitrogens with zero attached hydrogens (tertiary/aromatic N) is 3. The normalized spacial score (nSPS) is 15.1. The maximum absolute atomic E-state index is 5.84. The first kappa shape index (κ1) is 25.9. The Kier molecular flexibility index (Phi) is 12.2. The molecule has 0 radical (unpaired) electrons. The number of benzene rings is 1. The predicted molar refractivity (Wildman–Crippen MR) is 137 cm³/mol. The summed E-state index contributed by atoms with van der Waals surface area (Å²) in [5, 5.41) is 6.74. The highest BCUT2D eigenvalue weighted by Gasteiger charge is 2.13. The van der Waals surface area contributed by atoms with E-state index in [1.54, 1.807) is 0 Å². The SMILES string of the molecule is CCNC(=NCCCn1c(C)nc2ccccc21)NCCCOCC1CCOCC1.I. The lowest BCUT2D eigenvalue weighted by molar-refractivity contribution is 0.0203. The number of hydrogen-bond acceptors (Lipinski definition) is 4. The number of nitrogens with one attached hydrogen (secondary N) is 2. The van der Waals surface area contributed by atoms with Gasteiger partial charge in [-0.25, -0.2) is 4.98 Å². The fourth-order valence-electron chi connectivity index (χ4n) is 3.78. The number of para-hydroxylation sites is 2. The van der Waals surface area contributed by atoms with Crippen molar-refractivity contribution in [2.24, 2.45) is 10.9 Å². The number of aromatic nitrogens is 2. The van der Waals surface area contributed by atoms with Gasteiger partial charge in [-0.05, 0) is 57.6 Å². The highest BCUT2D eigenvalue weighted by molar-refractivity contribution is 14.0. The molecule has 0 atom stereocenters. The summed E-state index contributed by atoms with van der Waals surface area (Å²) in [4.78, 5) is 9.36. The Labute approximate surface area is 203 Å². The maximum Gasteiger partial charge on any atom is 0.191 e. The predicted octanol–water partition coefficient (Wildman–Crippen LogP) is 3.74. The van der Waals surface area contributed by atoms with Crippen molar-refractivity contribution >= 4 is 41.0 Å². The molecule has 0 amide bonds. The van der Waals surface area contributed by atoms with Crippen molar-refractivity contribution in [1.29, 1.82) is 0 Å². The fourth-order valence-corrected chi connectivity index (χ4v) is 3.78. The second-order valence-electron chi connectivity index (χ2n) is 7.82. The van der Waals surface area contributed by atoms with Gasteiger partial charge in [0.1, 0.15) is 5.82 Å². The third-order valence-electron chi connectivity index (χ3n) is 5.45. The fraction of sp³-hybridized carbons (Fsp3) is 0.652. The van der Waals surface area contributed by atoms with Crippen LogP contribution < -0.4 is 10.6 Å². The first-order valence-electron chi connectivity index (χ1n) is 11.4. The number of guanidine groups is 1. The number of imidazole rings is 1. The third kappa shape index (κ3) is 8.57. The van der Waals surface area contributed by atoms with E-state index in [1.807, 2.05) is 6.07 Å². The minimum absolute atomic E-state index is 0. The van der Waals surface area contributed by atoms with Crippen LogP contribution in [0.3, 0.4) is 0 Å². The minimum atomic E-state index is 0. The van der Waals surface area contributed by atoms with E-state index in [0.717, 1.165) is 95.6 Å². The van der Waals surface area contributed by atoms with Gasteiger partial charge in [0, 0.05) is 52.6 Å². The molecule has 1 aromatic carbocycles. The minimum Gasteiger partial charge on any atom is -0.381 e. The van der Waals surface area contributed by atoms with Crippen LogP contribution in [0.5, 0.6) is 0 Å². The molecule has 0 aliphatic carbocycles. The molecular weight excluding hydrogens is 505 g/mol. The number of fused-ring (bicyclic) bond motifs is 1. The Bertz CT molecular complexity index is 789. The van der Waals surface area contributed by atoms with E-state index in [-0.39, 0.29) is 24.0 Å². The monoisotopic (exact) mass is 543 g/mol. The van der Waals surface area contributed by atoms with Crippen LogP contribution in [0.1, 0.15) is 38.4 Å². The van der Waals surface area contributed by atoms with E-state index >= 15 is 0 Å². The molecule has 1 aliphatic heterocycles. The molecule has 1 aliphatic rings. The Balaban J connectivity index is 0.00000341. The van der Waals surface area contributed by atoms with Crippen molar-refractivity contribution < 1.29 is 9.47 Å². The summed E-state index contributed by atoms with van der Waals surface area (Å²) in [6, 6.07) is 8.30. The van der Waals surface area contributed by atoms with E-state index in [0.29, 0.717) is 5.92 Å². The molecule has 1 saturated heterocycles. The van der Waals surface area contributed by atoms with Crippen molar-refractivity contribution in [2.75, 3.05) is 46.1 Å². The summed E-state index contributed by atoms with van der Waals surface area (Å²) in [6.07, 6.45) is 4.22. The molecule has 3 rings (SSSR count). The zero-order valence-electron chi connectivity index (χ0n) is 18.9. The quantitative estimate of drug-likeness (QED) is 0.196. The largest absolute Gasteiger partial charge is 0.381 e. The van der Waals surface area contributed by atoms with E-state index in [4.69, 9.17) is 14.5 Å². The summed E-state index contributed by atoms with van der Waals surface area (Å²) in [7, 11) is 0. The van der Waals surface area contributed by atoms with Crippen LogP contribution >= 0.6 is 24.0 Å². The molecule has 1 fully saturated rings. The highest BCUT2D eigenvalue weighted by atomic mass is 127. The maximum atomic E-state index is 5.84. The molecule has 8 heteroatoms. The van der Waals surface area contributed by atoms with Crippen molar-refractivity contribution in [1.82, 2.24) is 20.2 Å². The number of ether oxygens (including phenoxy) is 2. The van der Waals surface area contributed by atoms with Gasteiger partial charge in [0.15, 0.2) is 5.96 Å². The lowest BCUT2D eigenvalue weighted by atomic mass is 10.0. The van der Waals surface area contributed by atoms with Crippen LogP contribution in [0.4, 0.5) is 0 Å². The Morgan fingerprint density at radius 3 is 2.84 bits per heavy atom. The number of rotatable bonds is 11. The van der Waals surface area contributed by atoms with Crippen molar-refractivity contribution in [3.63, 3.8) is 0 Å². The first-order chi connectivity index (χ1) is 14.8. The van der Waals surface area contributed by atoms with Crippen molar-refractivity contribution in [3.05, 3.63) is 30.1 Å². The van der Waals surface area contributed by atoms with Crippen LogP contribution in [-0.2, 0) is 16.0 Å². The average Bonchev–Trinajstić information content (AvgIpc) is 3.09. The van der Waals surface area contributed by atoms with E-state index < -0.39 is 0 Å². The van der Waals surface area contributed by atoms with Gasteiger partial charge >= 0.3 is 0 Å². The summed E-state index contributed by atoms with van der Waals surface area (Å²) in [5.74, 6) is 2.61. The third-order valence-corrected chi connectivity index (χ3v) is 5.45. The van der Waals surface area contributed by atoms with Gasteiger partial charge in [-0.15, -0.1) is 24.0 Å². The lowest BCUT2D eigenvalue weighted by Gasteiger charge is -2.21. The Hall–Kier alpha value is -1.39. The molecule has 7 nitrogen and oxygen atoms in total. The average molecular weight is 543 g/mol. The summed E-state index contributed by atoms with van der Waals surface area (Å²) >= 11 is 0. The second-order valence-corrected chi connectivity index (χ2v) is 7.82. The van der Waals surface area contributed by atoms with E-state index in [1.165, 1.54) is 5.52 Å². The number of halogens is 1. The zero-order valence-corrected chi connectivity index (χ0v) is 21.3. The van der Waals surface area contributed by atoms with E-state index in [9.17, 15) is 0 Å². The summed E-state index contributed by atoms with van der Waals surface area (Å²) < 4.78 is 13.5. The van der Waals surface area contributed by atoms with Gasteiger partial charge in [0.2, 0.25) is 0 Å². The molecule has 174 valence electrons. The highest BCUT2D eigenvalue weighted by Crippen LogP contribution is 2.16. The number of hydrogen-bond donors (Lipinski definition) is 2. The smallest absolute Gasteiger partial charge is 0.191 e. The molecule has 0 saturated carbocycles. The van der Waals surface area contributed by atoms with Crippen LogP contribution in [0.2, 0.25) is 0 Å². The second kappa shape index (κ2) is 14.6. The molecule has 2 N–H and O–H groups in total. The van der Waals surface area contributed by atoms with Crippen molar-refractivity contribution in [2.45, 2.75) is 46.1 Å². The molecule has 2 heterocycles. The van der Waals surface area contributed by atoms with Gasteiger partial charge in [-0.3, -0.25) is 4.99 Å². The molecule has 31 heavy (non-hydrogen) atoms. The molecule has 1 aromatic heterocycles. The van der Waals surface area contributed by atoms with Gasteiger partial charge in [0.25, 0.3) is 0 Å². The summed E-state index contributed by atoms with van der Waals surface area (Å²) in [6.45, 7) is 11.0.